The van der Waals surface area contributed by atoms with Gasteiger partial charge < -0.3 is 14.8 Å². The summed E-state index contributed by atoms with van der Waals surface area (Å²) in [5, 5.41) is 2.76. The van der Waals surface area contributed by atoms with E-state index in [-0.39, 0.29) is 23.5 Å². The average molecular weight is 469 g/mol. The zero-order chi connectivity index (χ0) is 20.0. The van der Waals surface area contributed by atoms with E-state index in [1.165, 1.54) is 24.3 Å². The van der Waals surface area contributed by atoms with Crippen LogP contribution in [0.5, 0.6) is 5.75 Å². The number of carbonyl (C=O) groups is 1. The number of ether oxygens (including phenoxy) is 2. The van der Waals surface area contributed by atoms with Gasteiger partial charge in [-0.05, 0) is 61.4 Å². The molecule has 1 heterocycles. The fraction of sp³-hybridized carbons (Fsp3) is 0.316. The molecule has 0 aromatic heterocycles. The summed E-state index contributed by atoms with van der Waals surface area (Å²) in [4.78, 5) is 11.9. The van der Waals surface area contributed by atoms with E-state index in [0.29, 0.717) is 18.0 Å². The lowest BCUT2D eigenvalue weighted by molar-refractivity contribution is -0.123. The van der Waals surface area contributed by atoms with Crippen molar-refractivity contribution in [3.8, 4) is 5.75 Å². The highest BCUT2D eigenvalue weighted by Gasteiger charge is 2.17. The van der Waals surface area contributed by atoms with Gasteiger partial charge in [0, 0.05) is 23.3 Å². The number of rotatable bonds is 8. The van der Waals surface area contributed by atoms with Gasteiger partial charge in [0.05, 0.1) is 11.0 Å². The van der Waals surface area contributed by atoms with Gasteiger partial charge in [-0.3, -0.25) is 9.52 Å². The van der Waals surface area contributed by atoms with Gasteiger partial charge in [0.25, 0.3) is 15.9 Å². The molecule has 2 aromatic rings. The van der Waals surface area contributed by atoms with E-state index in [1.54, 1.807) is 24.3 Å². The van der Waals surface area contributed by atoms with E-state index in [1.807, 2.05) is 0 Å². The molecule has 0 spiro atoms. The molecule has 2 N–H and O–H groups in total. The van der Waals surface area contributed by atoms with Crippen molar-refractivity contribution in [2.75, 3.05) is 24.5 Å². The summed E-state index contributed by atoms with van der Waals surface area (Å²) < 4.78 is 39.1. The first-order chi connectivity index (χ1) is 13.4. The van der Waals surface area contributed by atoms with Crippen molar-refractivity contribution in [2.45, 2.75) is 23.8 Å². The highest BCUT2D eigenvalue weighted by Crippen LogP contribution is 2.20. The number of halogens is 1. The molecule has 150 valence electrons. The Balaban J connectivity index is 1.50. The summed E-state index contributed by atoms with van der Waals surface area (Å²) in [6.45, 7) is 1.07. The molecule has 1 atom stereocenters. The number of hydrogen-bond donors (Lipinski definition) is 2. The molecule has 2 aromatic carbocycles. The molecule has 28 heavy (non-hydrogen) atoms. The largest absolute Gasteiger partial charge is 0.484 e. The monoisotopic (exact) mass is 468 g/mol. The van der Waals surface area contributed by atoms with Gasteiger partial charge in [0.1, 0.15) is 5.75 Å². The highest BCUT2D eigenvalue weighted by molar-refractivity contribution is 9.10. The number of amides is 1. The smallest absolute Gasteiger partial charge is 0.261 e. The topological polar surface area (TPSA) is 93.7 Å². The quantitative estimate of drug-likeness (QED) is 0.620. The second kappa shape index (κ2) is 9.40. The molecule has 1 aliphatic heterocycles. The van der Waals surface area contributed by atoms with E-state index in [4.69, 9.17) is 9.47 Å². The fourth-order valence-corrected chi connectivity index (χ4v) is 4.00. The van der Waals surface area contributed by atoms with Crippen LogP contribution in [-0.2, 0) is 19.6 Å². The minimum absolute atomic E-state index is 0.0756. The molecule has 1 saturated heterocycles. The summed E-state index contributed by atoms with van der Waals surface area (Å²) in [7, 11) is -3.71. The van der Waals surface area contributed by atoms with Crippen LogP contribution < -0.4 is 14.8 Å². The molecule has 7 nitrogen and oxygen atoms in total. The van der Waals surface area contributed by atoms with Crippen molar-refractivity contribution in [3.63, 3.8) is 0 Å². The first-order valence-corrected chi connectivity index (χ1v) is 11.1. The van der Waals surface area contributed by atoms with Gasteiger partial charge in [-0.15, -0.1) is 0 Å². The molecule has 3 rings (SSSR count). The van der Waals surface area contributed by atoms with Gasteiger partial charge in [-0.1, -0.05) is 15.9 Å². The molecule has 0 unspecified atom stereocenters. The third kappa shape index (κ3) is 5.95. The van der Waals surface area contributed by atoms with Crippen LogP contribution in [0, 0.1) is 0 Å². The van der Waals surface area contributed by atoms with Gasteiger partial charge >= 0.3 is 0 Å². The fourth-order valence-electron chi connectivity index (χ4n) is 2.68. The molecule has 0 radical (unpaired) electrons. The van der Waals surface area contributed by atoms with Gasteiger partial charge in [-0.25, -0.2) is 8.42 Å². The minimum Gasteiger partial charge on any atom is -0.484 e. The second-order valence-corrected chi connectivity index (χ2v) is 8.91. The van der Waals surface area contributed by atoms with Crippen molar-refractivity contribution in [2.24, 2.45) is 0 Å². The number of hydrogen-bond acceptors (Lipinski definition) is 5. The van der Waals surface area contributed by atoms with E-state index in [2.05, 4.69) is 26.0 Å². The van der Waals surface area contributed by atoms with Crippen LogP contribution in [0.1, 0.15) is 12.8 Å². The molecule has 9 heteroatoms. The second-order valence-electron chi connectivity index (χ2n) is 6.31. The Hall–Kier alpha value is -2.10. The van der Waals surface area contributed by atoms with Crippen molar-refractivity contribution < 1.29 is 22.7 Å². The van der Waals surface area contributed by atoms with Crippen LogP contribution in [-0.4, -0.2) is 40.2 Å². The molecular weight excluding hydrogens is 448 g/mol. The predicted octanol–water partition coefficient (Wildman–Crippen LogP) is 2.92. The first kappa shape index (κ1) is 20.6. The molecule has 0 aliphatic carbocycles. The van der Waals surface area contributed by atoms with Crippen LogP contribution in [0.25, 0.3) is 0 Å². The maximum absolute atomic E-state index is 12.4. The van der Waals surface area contributed by atoms with Gasteiger partial charge in [0.2, 0.25) is 0 Å². The molecule has 1 aliphatic rings. The Morgan fingerprint density at radius 2 is 1.86 bits per heavy atom. The average Bonchev–Trinajstić information content (AvgIpc) is 3.20. The maximum Gasteiger partial charge on any atom is 0.261 e. The Bertz CT molecular complexity index is 895. The lowest BCUT2D eigenvalue weighted by atomic mass is 10.2. The van der Waals surface area contributed by atoms with Crippen LogP contribution in [0.3, 0.4) is 0 Å². The van der Waals surface area contributed by atoms with Gasteiger partial charge in [-0.2, -0.15) is 0 Å². The lowest BCUT2D eigenvalue weighted by Crippen LogP contribution is -2.35. The summed E-state index contributed by atoms with van der Waals surface area (Å²) >= 11 is 3.30. The number of anilines is 1. The van der Waals surface area contributed by atoms with Crippen molar-refractivity contribution in [1.82, 2.24) is 5.32 Å². The number of nitrogens with one attached hydrogen (secondary N) is 2. The van der Waals surface area contributed by atoms with Crippen LogP contribution in [0.15, 0.2) is 57.9 Å². The van der Waals surface area contributed by atoms with Crippen LogP contribution >= 0.6 is 15.9 Å². The summed E-state index contributed by atoms with van der Waals surface area (Å²) in [5.41, 5.74) is 0.464. The Morgan fingerprint density at radius 1 is 1.14 bits per heavy atom. The Kier molecular flexibility index (Phi) is 6.93. The van der Waals surface area contributed by atoms with E-state index >= 15 is 0 Å². The Labute approximate surface area is 172 Å². The van der Waals surface area contributed by atoms with E-state index in [0.717, 1.165) is 23.9 Å². The first-order valence-electron chi connectivity index (χ1n) is 8.82. The third-order valence-corrected chi connectivity index (χ3v) is 6.08. The maximum atomic E-state index is 12.4. The third-order valence-electron chi connectivity index (χ3n) is 4.15. The standard InChI is InChI=1S/C19H21BrN2O5S/c20-14-3-5-15(6-4-14)22-28(24,25)18-9-7-16(8-10-18)27-13-19(23)21-12-17-2-1-11-26-17/h3-10,17,22H,1-2,11-13H2,(H,21,23)/t17-/m0/s1. The summed E-state index contributed by atoms with van der Waals surface area (Å²) in [6.07, 6.45) is 2.04. The lowest BCUT2D eigenvalue weighted by Gasteiger charge is -2.12. The molecular formula is C19H21BrN2O5S. The van der Waals surface area contributed by atoms with Crippen molar-refractivity contribution in [1.29, 1.82) is 0 Å². The van der Waals surface area contributed by atoms with Gasteiger partial charge in [0.15, 0.2) is 6.61 Å². The van der Waals surface area contributed by atoms with E-state index < -0.39 is 10.0 Å². The predicted molar refractivity (Wildman–Crippen MR) is 109 cm³/mol. The minimum atomic E-state index is -3.71. The SMILES string of the molecule is O=C(COc1ccc(S(=O)(=O)Nc2ccc(Br)cc2)cc1)NC[C@@H]1CCCO1. The van der Waals surface area contributed by atoms with Crippen molar-refractivity contribution >= 4 is 37.5 Å². The Morgan fingerprint density at radius 3 is 2.50 bits per heavy atom. The molecule has 1 amide bonds. The zero-order valence-corrected chi connectivity index (χ0v) is 17.5. The van der Waals surface area contributed by atoms with Crippen LogP contribution in [0.4, 0.5) is 5.69 Å². The summed E-state index contributed by atoms with van der Waals surface area (Å²) in [5.74, 6) is 0.166. The number of sulfonamides is 1. The zero-order valence-electron chi connectivity index (χ0n) is 15.1. The van der Waals surface area contributed by atoms with Crippen LogP contribution in [0.2, 0.25) is 0 Å². The highest BCUT2D eigenvalue weighted by atomic mass is 79.9. The number of carbonyl (C=O) groups excluding carboxylic acids is 1. The van der Waals surface area contributed by atoms with E-state index in [9.17, 15) is 13.2 Å². The summed E-state index contributed by atoms with van der Waals surface area (Å²) in [6, 6.07) is 12.7. The molecule has 0 saturated carbocycles. The molecule has 0 bridgehead atoms. The normalized spacial score (nSPS) is 16.5. The molecule has 1 fully saturated rings. The number of benzene rings is 2. The van der Waals surface area contributed by atoms with Crippen molar-refractivity contribution in [3.05, 3.63) is 53.0 Å².